The van der Waals surface area contributed by atoms with Crippen LogP contribution in [0.1, 0.15) is 19.4 Å². The molecule has 1 N–H and O–H groups in total. The van der Waals surface area contributed by atoms with Gasteiger partial charge in [-0.1, -0.05) is 0 Å². The van der Waals surface area contributed by atoms with Crippen LogP contribution >= 0.6 is 0 Å². The van der Waals surface area contributed by atoms with Gasteiger partial charge in [0.05, 0.1) is 6.61 Å². The number of nitrogens with zero attached hydrogens (tertiary/aromatic N) is 4. The second kappa shape index (κ2) is 8.09. The van der Waals surface area contributed by atoms with Crippen LogP contribution in [-0.4, -0.2) is 64.6 Å². The Hall–Kier alpha value is -2.74. The van der Waals surface area contributed by atoms with Crippen molar-refractivity contribution in [2.24, 2.45) is 0 Å². The fourth-order valence-electron chi connectivity index (χ4n) is 3.02. The van der Waals surface area contributed by atoms with Crippen molar-refractivity contribution in [2.45, 2.75) is 20.4 Å². The Kier molecular flexibility index (Phi) is 5.62. The number of hydrogen-bond donors (Lipinski definition) is 1. The van der Waals surface area contributed by atoms with Gasteiger partial charge in [-0.2, -0.15) is 0 Å². The van der Waals surface area contributed by atoms with Crippen molar-refractivity contribution >= 4 is 28.9 Å². The molecular formula is C18H23N5O3. The molecule has 2 amide bonds. The molecule has 0 bridgehead atoms. The van der Waals surface area contributed by atoms with E-state index in [1.165, 1.54) is 6.92 Å². The van der Waals surface area contributed by atoms with Crippen molar-refractivity contribution in [3.63, 3.8) is 0 Å². The Morgan fingerprint density at radius 2 is 1.96 bits per heavy atom. The summed E-state index contributed by atoms with van der Waals surface area (Å²) in [4.78, 5) is 35.7. The molecule has 1 saturated heterocycles. The second-order valence-electron chi connectivity index (χ2n) is 6.18. The molecule has 26 heavy (non-hydrogen) atoms. The van der Waals surface area contributed by atoms with Crippen LogP contribution in [0.5, 0.6) is 0 Å². The lowest BCUT2D eigenvalue weighted by molar-refractivity contribution is -0.114. The van der Waals surface area contributed by atoms with Crippen molar-refractivity contribution in [3.8, 4) is 0 Å². The van der Waals surface area contributed by atoms with Gasteiger partial charge in [0.2, 0.25) is 5.91 Å². The Balaban J connectivity index is 1.68. The van der Waals surface area contributed by atoms with Gasteiger partial charge in [0, 0.05) is 51.2 Å². The van der Waals surface area contributed by atoms with Crippen LogP contribution in [0, 0.1) is 0 Å². The first-order valence-corrected chi connectivity index (χ1v) is 8.73. The van der Waals surface area contributed by atoms with E-state index in [9.17, 15) is 9.59 Å². The molecule has 0 atom stereocenters. The minimum absolute atomic E-state index is 0.160. The maximum atomic E-state index is 11.8. The fourth-order valence-corrected chi connectivity index (χ4v) is 3.02. The highest BCUT2D eigenvalue weighted by atomic mass is 16.6. The number of carbonyl (C=O) groups is 2. The molecule has 0 saturated carbocycles. The van der Waals surface area contributed by atoms with Crippen molar-refractivity contribution < 1.29 is 14.3 Å². The molecule has 0 aromatic carbocycles. The van der Waals surface area contributed by atoms with Crippen molar-refractivity contribution in [1.29, 1.82) is 0 Å². The highest BCUT2D eigenvalue weighted by Gasteiger charge is 2.22. The number of piperazine rings is 1. The molecule has 2 aromatic rings. The zero-order valence-electron chi connectivity index (χ0n) is 15.1. The summed E-state index contributed by atoms with van der Waals surface area (Å²) in [5.74, 6) is 0.338. The monoisotopic (exact) mass is 357 g/mol. The van der Waals surface area contributed by atoms with Crippen LogP contribution in [0.25, 0.3) is 11.0 Å². The number of carbonyl (C=O) groups excluding carboxylic acids is 2. The maximum Gasteiger partial charge on any atom is 0.409 e. The minimum Gasteiger partial charge on any atom is -0.450 e. The molecule has 3 heterocycles. The van der Waals surface area contributed by atoms with Crippen LogP contribution in [-0.2, 0) is 16.1 Å². The SMILES string of the molecule is CCOC(=O)N1CCN(Cc2ccnc3nc(NC(C)=O)ccc23)CC1. The summed E-state index contributed by atoms with van der Waals surface area (Å²) in [6, 6.07) is 5.71. The fraction of sp³-hybridized carbons (Fsp3) is 0.444. The zero-order valence-corrected chi connectivity index (χ0v) is 15.1. The first-order chi connectivity index (χ1) is 12.6. The molecule has 8 heteroatoms. The average molecular weight is 357 g/mol. The number of pyridine rings is 2. The number of anilines is 1. The van der Waals surface area contributed by atoms with Crippen molar-refractivity contribution in [1.82, 2.24) is 19.8 Å². The standard InChI is InChI=1S/C18H23N5O3/c1-3-26-18(25)23-10-8-22(9-11-23)12-14-6-7-19-17-15(14)4-5-16(21-17)20-13(2)24/h4-7H,3,8-12H2,1-2H3,(H,19,20,21,24). The molecule has 8 nitrogen and oxygen atoms in total. The molecule has 1 aliphatic heterocycles. The number of hydrogen-bond acceptors (Lipinski definition) is 6. The highest BCUT2D eigenvalue weighted by molar-refractivity contribution is 5.89. The quantitative estimate of drug-likeness (QED) is 0.899. The van der Waals surface area contributed by atoms with Crippen LogP contribution in [0.2, 0.25) is 0 Å². The normalized spacial score (nSPS) is 15.1. The Morgan fingerprint density at radius 3 is 2.65 bits per heavy atom. The van der Waals surface area contributed by atoms with Gasteiger partial charge in [0.1, 0.15) is 5.82 Å². The number of aromatic nitrogens is 2. The average Bonchev–Trinajstić information content (AvgIpc) is 2.62. The summed E-state index contributed by atoms with van der Waals surface area (Å²) in [6.45, 7) is 7.33. The summed E-state index contributed by atoms with van der Waals surface area (Å²) >= 11 is 0. The van der Waals surface area contributed by atoms with Crippen LogP contribution < -0.4 is 5.32 Å². The lowest BCUT2D eigenvalue weighted by Crippen LogP contribution is -2.48. The third kappa shape index (κ3) is 4.26. The van der Waals surface area contributed by atoms with E-state index < -0.39 is 0 Å². The van der Waals surface area contributed by atoms with Gasteiger partial charge in [-0.3, -0.25) is 9.69 Å². The van der Waals surface area contributed by atoms with Crippen LogP contribution in [0.15, 0.2) is 24.4 Å². The van der Waals surface area contributed by atoms with E-state index in [0.717, 1.165) is 30.6 Å². The van der Waals surface area contributed by atoms with Crippen LogP contribution in [0.3, 0.4) is 0 Å². The molecule has 2 aromatic heterocycles. The smallest absolute Gasteiger partial charge is 0.409 e. The zero-order chi connectivity index (χ0) is 18.5. The molecule has 138 valence electrons. The van der Waals surface area contributed by atoms with E-state index in [1.54, 1.807) is 17.2 Å². The number of ether oxygens (including phenoxy) is 1. The van der Waals surface area contributed by atoms with Gasteiger partial charge in [-0.15, -0.1) is 0 Å². The van der Waals surface area contributed by atoms with Crippen LogP contribution in [0.4, 0.5) is 10.6 Å². The Labute approximate surface area is 152 Å². The van der Waals surface area contributed by atoms with Crippen molar-refractivity contribution in [3.05, 3.63) is 30.0 Å². The molecule has 0 unspecified atom stereocenters. The predicted molar refractivity (Wildman–Crippen MR) is 97.7 cm³/mol. The summed E-state index contributed by atoms with van der Waals surface area (Å²) < 4.78 is 5.05. The first-order valence-electron chi connectivity index (χ1n) is 8.73. The minimum atomic E-state index is -0.240. The third-order valence-electron chi connectivity index (χ3n) is 4.29. The Bertz CT molecular complexity index is 803. The van der Waals surface area contributed by atoms with Gasteiger partial charge < -0.3 is 15.0 Å². The highest BCUT2D eigenvalue weighted by Crippen LogP contribution is 2.20. The van der Waals surface area contributed by atoms with Crippen molar-refractivity contribution in [2.75, 3.05) is 38.1 Å². The van der Waals surface area contributed by atoms with E-state index in [-0.39, 0.29) is 12.0 Å². The number of rotatable bonds is 4. The second-order valence-corrected chi connectivity index (χ2v) is 6.18. The van der Waals surface area contributed by atoms with Gasteiger partial charge in [0.25, 0.3) is 0 Å². The number of amides is 2. The lowest BCUT2D eigenvalue weighted by Gasteiger charge is -2.34. The predicted octanol–water partition coefficient (Wildman–Crippen LogP) is 1.86. The van der Waals surface area contributed by atoms with E-state index in [0.29, 0.717) is 31.2 Å². The first kappa shape index (κ1) is 18.1. The molecule has 0 aliphatic carbocycles. The number of nitrogens with one attached hydrogen (secondary N) is 1. The molecule has 1 fully saturated rings. The largest absolute Gasteiger partial charge is 0.450 e. The van der Waals surface area contributed by atoms with E-state index in [2.05, 4.69) is 20.2 Å². The van der Waals surface area contributed by atoms with Gasteiger partial charge in [-0.05, 0) is 30.7 Å². The molecular weight excluding hydrogens is 334 g/mol. The van der Waals surface area contributed by atoms with E-state index >= 15 is 0 Å². The maximum absolute atomic E-state index is 11.8. The van der Waals surface area contributed by atoms with Gasteiger partial charge in [0.15, 0.2) is 5.65 Å². The molecule has 1 aliphatic rings. The molecule has 0 spiro atoms. The summed E-state index contributed by atoms with van der Waals surface area (Å²) in [6.07, 6.45) is 1.49. The Morgan fingerprint density at radius 1 is 1.19 bits per heavy atom. The van der Waals surface area contributed by atoms with Gasteiger partial charge >= 0.3 is 6.09 Å². The number of fused-ring (bicyclic) bond motifs is 1. The third-order valence-corrected chi connectivity index (χ3v) is 4.29. The molecule has 0 radical (unpaired) electrons. The van der Waals surface area contributed by atoms with E-state index in [1.807, 2.05) is 19.1 Å². The lowest BCUT2D eigenvalue weighted by atomic mass is 10.1. The summed E-state index contributed by atoms with van der Waals surface area (Å²) in [7, 11) is 0. The molecule has 3 rings (SSSR count). The summed E-state index contributed by atoms with van der Waals surface area (Å²) in [5, 5.41) is 3.64. The van der Waals surface area contributed by atoms with Gasteiger partial charge in [-0.25, -0.2) is 14.8 Å². The summed E-state index contributed by atoms with van der Waals surface area (Å²) in [5.41, 5.74) is 1.74. The van der Waals surface area contributed by atoms with E-state index in [4.69, 9.17) is 4.74 Å². The topological polar surface area (TPSA) is 87.7 Å².